The van der Waals surface area contributed by atoms with Gasteiger partial charge in [-0.15, -0.1) is 0 Å². The van der Waals surface area contributed by atoms with Crippen LogP contribution in [-0.4, -0.2) is 16.6 Å². The molecule has 32 heavy (non-hydrogen) atoms. The molecule has 2 nitrogen and oxygen atoms in total. The smallest absolute Gasteiger partial charge is 0.250 e. The number of halogens is 2. The first-order valence-electron chi connectivity index (χ1n) is 11.1. The van der Waals surface area contributed by atoms with Crippen LogP contribution >= 0.6 is 23.2 Å². The van der Waals surface area contributed by atoms with E-state index < -0.39 is 16.6 Å². The molecule has 0 aliphatic carbocycles. The van der Waals surface area contributed by atoms with Crippen LogP contribution in [0.4, 0.5) is 0 Å². The third kappa shape index (κ3) is 6.43. The highest BCUT2D eigenvalue weighted by atomic mass is 35.5. The summed E-state index contributed by atoms with van der Waals surface area (Å²) in [6.45, 7) is 22.4. The average molecular weight is 510 g/mol. The standard InChI is InChI=1S/C26H38Cl2O2Si2/c1-25(2,3)31(7,8)29-21-15-11-19(12-16-21)23(24(27)28)20-13-17-22(18-14-20)30-32(9,10)26(4,5)6/h11-18H,1-10H3. The van der Waals surface area contributed by atoms with Gasteiger partial charge in [0.2, 0.25) is 16.6 Å². The summed E-state index contributed by atoms with van der Waals surface area (Å²) < 4.78 is 13.0. The van der Waals surface area contributed by atoms with Gasteiger partial charge in [0, 0.05) is 5.57 Å². The molecule has 0 N–H and O–H groups in total. The first kappa shape index (κ1) is 27.0. The number of hydrogen-bond donors (Lipinski definition) is 0. The zero-order valence-electron chi connectivity index (χ0n) is 21.2. The van der Waals surface area contributed by atoms with Crippen molar-refractivity contribution >= 4 is 45.4 Å². The largest absolute Gasteiger partial charge is 0.544 e. The third-order valence-corrected chi connectivity index (χ3v) is 15.9. The quantitative estimate of drug-likeness (QED) is 0.361. The summed E-state index contributed by atoms with van der Waals surface area (Å²) in [6.07, 6.45) is 0. The van der Waals surface area contributed by atoms with Crippen molar-refractivity contribution in [2.24, 2.45) is 0 Å². The van der Waals surface area contributed by atoms with Crippen molar-refractivity contribution in [1.82, 2.24) is 0 Å². The van der Waals surface area contributed by atoms with Crippen LogP contribution in [0.1, 0.15) is 52.7 Å². The fraction of sp³-hybridized carbons (Fsp3) is 0.462. The Bertz CT molecular complexity index is 872. The molecule has 0 unspecified atom stereocenters. The molecule has 0 fully saturated rings. The van der Waals surface area contributed by atoms with Gasteiger partial charge in [0.1, 0.15) is 16.0 Å². The molecule has 2 rings (SSSR count). The van der Waals surface area contributed by atoms with Crippen LogP contribution in [0.3, 0.4) is 0 Å². The summed E-state index contributed by atoms with van der Waals surface area (Å²) in [5.74, 6) is 1.76. The van der Waals surface area contributed by atoms with Crippen molar-refractivity contribution in [3.8, 4) is 11.5 Å². The predicted molar refractivity (Wildman–Crippen MR) is 146 cm³/mol. The first-order valence-corrected chi connectivity index (χ1v) is 17.7. The predicted octanol–water partition coefficient (Wildman–Crippen LogP) is 9.65. The van der Waals surface area contributed by atoms with E-state index in [1.807, 2.05) is 48.5 Å². The molecule has 0 heterocycles. The molecule has 0 spiro atoms. The molecule has 0 saturated carbocycles. The van der Waals surface area contributed by atoms with Gasteiger partial charge in [-0.3, -0.25) is 0 Å². The van der Waals surface area contributed by atoms with Crippen LogP contribution < -0.4 is 8.85 Å². The van der Waals surface area contributed by atoms with Crippen molar-refractivity contribution in [3.05, 3.63) is 64.1 Å². The van der Waals surface area contributed by atoms with Gasteiger partial charge in [0.25, 0.3) is 0 Å². The van der Waals surface area contributed by atoms with Crippen molar-refractivity contribution < 1.29 is 8.85 Å². The van der Waals surface area contributed by atoms with Gasteiger partial charge in [-0.05, 0) is 71.7 Å². The molecule has 2 aromatic carbocycles. The maximum atomic E-state index is 6.40. The van der Waals surface area contributed by atoms with Crippen LogP contribution in [0.2, 0.25) is 36.3 Å². The SMILES string of the molecule is CC(C)(C)[Si](C)(C)Oc1ccc(C(=C(Cl)Cl)c2ccc(O[Si](C)(C)C(C)(C)C)cc2)cc1. The molecule has 2 aromatic rings. The van der Waals surface area contributed by atoms with Crippen molar-refractivity contribution in [2.45, 2.75) is 77.8 Å². The van der Waals surface area contributed by atoms with Gasteiger partial charge in [-0.1, -0.05) is 89.0 Å². The molecule has 0 radical (unpaired) electrons. The fourth-order valence-corrected chi connectivity index (χ4v) is 5.16. The Balaban J connectivity index is 2.28. The van der Waals surface area contributed by atoms with E-state index in [1.165, 1.54) is 0 Å². The molecule has 0 amide bonds. The summed E-state index contributed by atoms with van der Waals surface area (Å²) in [5, 5.41) is 0.287. The molecule has 176 valence electrons. The van der Waals surface area contributed by atoms with E-state index in [0.29, 0.717) is 0 Å². The maximum absolute atomic E-state index is 6.40. The van der Waals surface area contributed by atoms with Crippen molar-refractivity contribution in [2.75, 3.05) is 0 Å². The Hall–Kier alpha value is -1.21. The Morgan fingerprint density at radius 1 is 0.594 bits per heavy atom. The Labute approximate surface area is 207 Å². The van der Waals surface area contributed by atoms with E-state index in [0.717, 1.165) is 28.2 Å². The van der Waals surface area contributed by atoms with Gasteiger partial charge >= 0.3 is 0 Å². The third-order valence-electron chi connectivity index (χ3n) is 6.83. The molecule has 0 saturated heterocycles. The minimum absolute atomic E-state index is 0.143. The van der Waals surface area contributed by atoms with Gasteiger partial charge in [-0.2, -0.15) is 0 Å². The molecule has 0 aliphatic heterocycles. The lowest BCUT2D eigenvalue weighted by molar-refractivity contribution is 0.492. The Kier molecular flexibility index (Phi) is 8.09. The van der Waals surface area contributed by atoms with Gasteiger partial charge in [0.15, 0.2) is 0 Å². The Morgan fingerprint density at radius 3 is 1.09 bits per heavy atom. The molecule has 0 aromatic heterocycles. The zero-order valence-corrected chi connectivity index (χ0v) is 24.7. The zero-order chi connectivity index (χ0) is 24.5. The molecule has 0 atom stereocenters. The van der Waals surface area contributed by atoms with Crippen LogP contribution in [0.15, 0.2) is 53.0 Å². The number of benzene rings is 2. The van der Waals surface area contributed by atoms with E-state index in [1.54, 1.807) is 0 Å². The molecular formula is C26H38Cl2O2Si2. The Morgan fingerprint density at radius 2 is 0.875 bits per heavy atom. The minimum atomic E-state index is -1.89. The summed E-state index contributed by atoms with van der Waals surface area (Å²) >= 11 is 12.6. The molecular weight excluding hydrogens is 471 g/mol. The van der Waals surface area contributed by atoms with E-state index in [2.05, 4.69) is 67.7 Å². The number of rotatable bonds is 6. The second kappa shape index (κ2) is 9.57. The molecule has 0 bridgehead atoms. The van der Waals surface area contributed by atoms with E-state index in [9.17, 15) is 0 Å². The lowest BCUT2D eigenvalue weighted by Crippen LogP contribution is -2.43. The summed E-state index contributed by atoms with van der Waals surface area (Å²) in [6, 6.07) is 16.1. The van der Waals surface area contributed by atoms with Gasteiger partial charge in [-0.25, -0.2) is 0 Å². The highest BCUT2D eigenvalue weighted by molar-refractivity contribution is 6.75. The number of hydrogen-bond acceptors (Lipinski definition) is 2. The fourth-order valence-electron chi connectivity index (χ4n) is 2.66. The maximum Gasteiger partial charge on any atom is 0.250 e. The summed E-state index contributed by atoms with van der Waals surface area (Å²) in [5.41, 5.74) is 2.70. The van der Waals surface area contributed by atoms with Crippen LogP contribution in [0.25, 0.3) is 5.57 Å². The average Bonchev–Trinajstić information content (AvgIpc) is 2.62. The monoisotopic (exact) mass is 508 g/mol. The first-order chi connectivity index (χ1) is 14.4. The lowest BCUT2D eigenvalue weighted by Gasteiger charge is -2.36. The molecule has 0 aliphatic rings. The van der Waals surface area contributed by atoms with Crippen molar-refractivity contribution in [3.63, 3.8) is 0 Å². The van der Waals surface area contributed by atoms with Gasteiger partial charge < -0.3 is 8.85 Å². The summed E-state index contributed by atoms with van der Waals surface area (Å²) in [4.78, 5) is 0. The molecule has 6 heteroatoms. The second-order valence-corrected chi connectivity index (χ2v) is 21.8. The van der Waals surface area contributed by atoms with E-state index >= 15 is 0 Å². The van der Waals surface area contributed by atoms with Crippen molar-refractivity contribution in [1.29, 1.82) is 0 Å². The highest BCUT2D eigenvalue weighted by Crippen LogP contribution is 2.40. The van der Waals surface area contributed by atoms with Gasteiger partial charge in [0.05, 0.1) is 0 Å². The highest BCUT2D eigenvalue weighted by Gasteiger charge is 2.39. The van der Waals surface area contributed by atoms with Crippen LogP contribution in [0, 0.1) is 0 Å². The van der Waals surface area contributed by atoms with Crippen LogP contribution in [0.5, 0.6) is 11.5 Å². The van der Waals surface area contributed by atoms with Crippen LogP contribution in [-0.2, 0) is 0 Å². The minimum Gasteiger partial charge on any atom is -0.544 e. The summed E-state index contributed by atoms with van der Waals surface area (Å²) in [7, 11) is -3.78. The van der Waals surface area contributed by atoms with E-state index in [-0.39, 0.29) is 14.6 Å². The van der Waals surface area contributed by atoms with E-state index in [4.69, 9.17) is 32.1 Å². The topological polar surface area (TPSA) is 18.5 Å². The normalized spacial score (nSPS) is 13.0. The second-order valence-electron chi connectivity index (χ2n) is 11.4. The lowest BCUT2D eigenvalue weighted by atomic mass is 9.99.